The van der Waals surface area contributed by atoms with Crippen LogP contribution in [0.2, 0.25) is 0 Å². The number of aliphatic hydroxyl groups is 1. The second-order valence-corrected chi connectivity index (χ2v) is 4.73. The Kier molecular flexibility index (Phi) is 5.50. The van der Waals surface area contributed by atoms with E-state index in [2.05, 4.69) is 20.7 Å². The molecule has 0 atom stereocenters. The molecule has 0 aromatic carbocycles. The topological polar surface area (TPSA) is 96.1 Å². The highest BCUT2D eigenvalue weighted by Crippen LogP contribution is 2.26. The number of nitrogens with zero attached hydrogens (tertiary/aromatic N) is 2. The zero-order valence-electron chi connectivity index (χ0n) is 12.2. The van der Waals surface area contributed by atoms with Crippen LogP contribution in [0.3, 0.4) is 0 Å². The first-order chi connectivity index (χ1) is 9.05. The summed E-state index contributed by atoms with van der Waals surface area (Å²) in [4.78, 5) is 8.83. The molecule has 0 fully saturated rings. The second-order valence-electron chi connectivity index (χ2n) is 4.73. The first kappa shape index (κ1) is 15.7. The van der Waals surface area contributed by atoms with E-state index in [0.29, 0.717) is 5.82 Å². The quantitative estimate of drug-likeness (QED) is 0.442. The Morgan fingerprint density at radius 2 is 1.74 bits per heavy atom. The molecule has 1 aromatic heterocycles. The largest absolute Gasteiger partial charge is 0.394 e. The number of rotatable bonds is 7. The van der Waals surface area contributed by atoms with E-state index in [4.69, 9.17) is 5.84 Å². The molecule has 0 spiro atoms. The number of nitrogen functional groups attached to an aromatic ring is 1. The third kappa shape index (κ3) is 3.33. The molecule has 0 aliphatic carbocycles. The van der Waals surface area contributed by atoms with E-state index in [1.165, 1.54) is 0 Å². The fraction of sp³-hybridized carbons (Fsp3) is 0.692. The van der Waals surface area contributed by atoms with Crippen LogP contribution in [-0.4, -0.2) is 27.2 Å². The van der Waals surface area contributed by atoms with Gasteiger partial charge in [0.15, 0.2) is 0 Å². The SMILES string of the molecule is CCc1nc(NN)c(C)c(NC(CC)(CC)CO)n1. The number of nitrogens with two attached hydrogens (primary N) is 1. The summed E-state index contributed by atoms with van der Waals surface area (Å²) in [6.45, 7) is 8.06. The van der Waals surface area contributed by atoms with Gasteiger partial charge >= 0.3 is 0 Å². The Hall–Kier alpha value is -1.40. The highest BCUT2D eigenvalue weighted by molar-refractivity contribution is 5.57. The smallest absolute Gasteiger partial charge is 0.148 e. The van der Waals surface area contributed by atoms with Crippen LogP contribution in [-0.2, 0) is 6.42 Å². The average Bonchev–Trinajstić information content (AvgIpc) is 2.46. The summed E-state index contributed by atoms with van der Waals surface area (Å²) in [6, 6.07) is 0. The molecule has 108 valence electrons. The van der Waals surface area contributed by atoms with Crippen LogP contribution in [0.4, 0.5) is 11.6 Å². The molecule has 0 aliphatic rings. The van der Waals surface area contributed by atoms with Crippen molar-refractivity contribution >= 4 is 11.6 Å². The lowest BCUT2D eigenvalue weighted by Gasteiger charge is -2.32. The highest BCUT2D eigenvalue weighted by Gasteiger charge is 2.26. The summed E-state index contributed by atoms with van der Waals surface area (Å²) < 4.78 is 0. The average molecular weight is 267 g/mol. The molecule has 0 saturated heterocycles. The van der Waals surface area contributed by atoms with Crippen molar-refractivity contribution in [2.75, 3.05) is 17.3 Å². The molecule has 0 amide bonds. The van der Waals surface area contributed by atoms with Gasteiger partial charge in [-0.25, -0.2) is 15.8 Å². The Morgan fingerprint density at radius 1 is 1.16 bits per heavy atom. The number of aryl methyl sites for hydroxylation is 1. The minimum atomic E-state index is -0.351. The van der Waals surface area contributed by atoms with Crippen LogP contribution in [0.1, 0.15) is 45.0 Å². The van der Waals surface area contributed by atoms with Gasteiger partial charge in [-0.1, -0.05) is 20.8 Å². The van der Waals surface area contributed by atoms with Crippen molar-refractivity contribution in [1.82, 2.24) is 9.97 Å². The molecular formula is C13H25N5O. The van der Waals surface area contributed by atoms with Crippen molar-refractivity contribution in [1.29, 1.82) is 0 Å². The van der Waals surface area contributed by atoms with Gasteiger partial charge in [-0.15, -0.1) is 0 Å². The fourth-order valence-electron chi connectivity index (χ4n) is 1.92. The molecule has 19 heavy (non-hydrogen) atoms. The van der Waals surface area contributed by atoms with E-state index in [1.54, 1.807) is 0 Å². The zero-order valence-corrected chi connectivity index (χ0v) is 12.2. The third-order valence-electron chi connectivity index (χ3n) is 3.68. The standard InChI is InChI=1S/C13H25N5O/c1-5-10-15-11(9(4)12(16-10)18-14)17-13(6-2,7-3)8-19/h19H,5-8,14H2,1-4H3,(H2,15,16,17,18). The van der Waals surface area contributed by atoms with E-state index in [9.17, 15) is 5.11 Å². The van der Waals surface area contributed by atoms with Crippen LogP contribution >= 0.6 is 0 Å². The molecule has 0 unspecified atom stereocenters. The van der Waals surface area contributed by atoms with Crippen LogP contribution in [0, 0.1) is 6.92 Å². The Labute approximate surface area is 114 Å². The van der Waals surface area contributed by atoms with Crippen molar-refractivity contribution in [2.24, 2.45) is 5.84 Å². The lowest BCUT2D eigenvalue weighted by atomic mass is 9.93. The minimum Gasteiger partial charge on any atom is -0.394 e. The number of hydrogen-bond acceptors (Lipinski definition) is 6. The molecule has 0 aliphatic heterocycles. The van der Waals surface area contributed by atoms with Crippen molar-refractivity contribution in [2.45, 2.75) is 52.5 Å². The summed E-state index contributed by atoms with van der Waals surface area (Å²) in [6.07, 6.45) is 2.36. The van der Waals surface area contributed by atoms with Gasteiger partial charge in [0.25, 0.3) is 0 Å². The van der Waals surface area contributed by atoms with Gasteiger partial charge in [-0.05, 0) is 19.8 Å². The van der Waals surface area contributed by atoms with Crippen LogP contribution in [0.15, 0.2) is 0 Å². The Bertz CT molecular complexity index is 409. The monoisotopic (exact) mass is 267 g/mol. The first-order valence-corrected chi connectivity index (χ1v) is 6.78. The first-order valence-electron chi connectivity index (χ1n) is 6.78. The van der Waals surface area contributed by atoms with Gasteiger partial charge in [-0.3, -0.25) is 0 Å². The lowest BCUT2D eigenvalue weighted by Crippen LogP contribution is -2.41. The van der Waals surface area contributed by atoms with Gasteiger partial charge in [-0.2, -0.15) is 0 Å². The van der Waals surface area contributed by atoms with Crippen molar-refractivity contribution in [3.05, 3.63) is 11.4 Å². The number of aliphatic hydroxyl groups excluding tert-OH is 1. The van der Waals surface area contributed by atoms with E-state index < -0.39 is 0 Å². The summed E-state index contributed by atoms with van der Waals surface area (Å²) in [7, 11) is 0. The summed E-state index contributed by atoms with van der Waals surface area (Å²) >= 11 is 0. The fourth-order valence-corrected chi connectivity index (χ4v) is 1.92. The Morgan fingerprint density at radius 3 is 2.16 bits per heavy atom. The summed E-state index contributed by atoms with van der Waals surface area (Å²) in [5, 5.41) is 13.0. The third-order valence-corrected chi connectivity index (χ3v) is 3.68. The van der Waals surface area contributed by atoms with Gasteiger partial charge in [0.05, 0.1) is 12.1 Å². The van der Waals surface area contributed by atoms with Crippen molar-refractivity contribution < 1.29 is 5.11 Å². The van der Waals surface area contributed by atoms with Crippen LogP contribution in [0.5, 0.6) is 0 Å². The lowest BCUT2D eigenvalue weighted by molar-refractivity contribution is 0.202. The van der Waals surface area contributed by atoms with Gasteiger partial charge in [0.2, 0.25) is 0 Å². The number of hydrogen-bond donors (Lipinski definition) is 4. The molecule has 1 rings (SSSR count). The van der Waals surface area contributed by atoms with E-state index in [1.807, 2.05) is 27.7 Å². The van der Waals surface area contributed by atoms with Crippen molar-refractivity contribution in [3.8, 4) is 0 Å². The molecular weight excluding hydrogens is 242 g/mol. The van der Waals surface area contributed by atoms with Gasteiger partial charge in [0.1, 0.15) is 17.5 Å². The zero-order chi connectivity index (χ0) is 14.5. The van der Waals surface area contributed by atoms with E-state index in [0.717, 1.165) is 36.5 Å². The molecule has 5 N–H and O–H groups in total. The Balaban J connectivity index is 3.18. The molecule has 0 saturated carbocycles. The van der Waals surface area contributed by atoms with E-state index in [-0.39, 0.29) is 12.1 Å². The maximum atomic E-state index is 9.64. The number of nitrogens with one attached hydrogen (secondary N) is 2. The van der Waals surface area contributed by atoms with Gasteiger partial charge < -0.3 is 15.8 Å². The maximum absolute atomic E-state index is 9.64. The minimum absolute atomic E-state index is 0.0658. The van der Waals surface area contributed by atoms with Gasteiger partial charge in [0, 0.05) is 12.0 Å². The van der Waals surface area contributed by atoms with E-state index >= 15 is 0 Å². The number of anilines is 2. The molecule has 6 nitrogen and oxygen atoms in total. The summed E-state index contributed by atoms with van der Waals surface area (Å²) in [5.41, 5.74) is 3.11. The predicted octanol–water partition coefficient (Wildman–Crippen LogP) is 1.60. The number of aromatic nitrogens is 2. The molecule has 1 aromatic rings. The molecule has 1 heterocycles. The predicted molar refractivity (Wildman–Crippen MR) is 78.0 cm³/mol. The second kappa shape index (κ2) is 6.68. The molecule has 0 bridgehead atoms. The maximum Gasteiger partial charge on any atom is 0.148 e. The van der Waals surface area contributed by atoms with Crippen molar-refractivity contribution in [3.63, 3.8) is 0 Å². The van der Waals surface area contributed by atoms with Crippen LogP contribution in [0.25, 0.3) is 0 Å². The molecule has 0 radical (unpaired) electrons. The normalized spacial score (nSPS) is 11.5. The number of hydrazine groups is 1. The summed E-state index contributed by atoms with van der Waals surface area (Å²) in [5.74, 6) is 7.56. The van der Waals surface area contributed by atoms with Crippen LogP contribution < -0.4 is 16.6 Å². The highest BCUT2D eigenvalue weighted by atomic mass is 16.3. The molecule has 6 heteroatoms.